The Morgan fingerprint density at radius 1 is 0.741 bits per heavy atom. The van der Waals surface area contributed by atoms with E-state index in [1.807, 2.05) is 60.7 Å². The number of hydrogen-bond donors (Lipinski definition) is 0. The Balaban J connectivity index is 2.36. The zero-order valence-corrected chi connectivity index (χ0v) is 17.8. The topological polar surface area (TPSA) is 35.5 Å². The fourth-order valence-corrected chi connectivity index (χ4v) is 6.91. The van der Waals surface area contributed by atoms with Crippen LogP contribution >= 0.6 is 7.14 Å². The highest BCUT2D eigenvalue weighted by atomic mass is 31.2. The summed E-state index contributed by atoms with van der Waals surface area (Å²) in [7, 11) is 0.0495. The van der Waals surface area contributed by atoms with E-state index in [-0.39, 0.29) is 0 Å². The van der Waals surface area contributed by atoms with Crippen LogP contribution in [0.1, 0.15) is 51.9 Å². The second-order valence-electron chi connectivity index (χ2n) is 6.92. The van der Waals surface area contributed by atoms with Crippen LogP contribution in [-0.2, 0) is 14.0 Å². The zero-order chi connectivity index (χ0) is 19.6. The third-order valence-corrected chi connectivity index (χ3v) is 8.80. The van der Waals surface area contributed by atoms with Gasteiger partial charge in [0, 0.05) is 31.2 Å². The molecule has 2 rings (SSSR count). The summed E-state index contributed by atoms with van der Waals surface area (Å²) in [6.07, 6.45) is 7.57. The van der Waals surface area contributed by atoms with Crippen molar-refractivity contribution in [1.29, 1.82) is 0 Å². The van der Waals surface area contributed by atoms with Gasteiger partial charge in [-0.15, -0.1) is 0 Å². The van der Waals surface area contributed by atoms with Crippen molar-refractivity contribution >= 4 is 17.8 Å². The van der Waals surface area contributed by atoms with Gasteiger partial charge in [0.25, 0.3) is 0 Å². The summed E-state index contributed by atoms with van der Waals surface area (Å²) in [6, 6.07) is 19.2. The van der Waals surface area contributed by atoms with Crippen LogP contribution < -0.4 is 10.6 Å². The van der Waals surface area contributed by atoms with Crippen LogP contribution in [0.2, 0.25) is 0 Å². The average Bonchev–Trinajstić information content (AvgIpc) is 2.74. The molecule has 3 nitrogen and oxygen atoms in total. The molecule has 0 atom stereocenters. The van der Waals surface area contributed by atoms with Crippen molar-refractivity contribution in [3.8, 4) is 0 Å². The molecule has 0 N–H and O–H groups in total. The highest BCUT2D eigenvalue weighted by molar-refractivity contribution is 7.79. The summed E-state index contributed by atoms with van der Waals surface area (Å²) in [5.41, 5.74) is -1.15. The number of methoxy groups -OCH3 is 2. The van der Waals surface area contributed by atoms with Crippen molar-refractivity contribution in [3.05, 3.63) is 60.7 Å². The molecule has 27 heavy (non-hydrogen) atoms. The first-order valence-corrected chi connectivity index (χ1v) is 11.7. The van der Waals surface area contributed by atoms with Gasteiger partial charge < -0.3 is 14.0 Å². The molecule has 4 heteroatoms. The van der Waals surface area contributed by atoms with E-state index >= 15 is 0 Å². The van der Waals surface area contributed by atoms with Gasteiger partial charge in [-0.25, -0.2) is 0 Å². The molecule has 0 aliphatic carbocycles. The van der Waals surface area contributed by atoms with Crippen molar-refractivity contribution in [2.75, 3.05) is 14.2 Å². The summed E-state index contributed by atoms with van der Waals surface area (Å²) in [4.78, 5) is 0. The molecule has 2 aromatic carbocycles. The summed E-state index contributed by atoms with van der Waals surface area (Å²) in [6.45, 7) is 2.22. The molecule has 0 aliphatic heterocycles. The SMILES string of the molecule is CCCCCCCCC(OC)(OC)P(=O)(c1ccccc1)c1ccccc1. The van der Waals surface area contributed by atoms with E-state index in [9.17, 15) is 4.57 Å². The minimum atomic E-state index is -3.17. The number of unbranched alkanes of at least 4 members (excludes halogenated alkanes) is 5. The van der Waals surface area contributed by atoms with Crippen molar-refractivity contribution in [2.45, 2.75) is 57.4 Å². The van der Waals surface area contributed by atoms with Crippen LogP contribution in [0.25, 0.3) is 0 Å². The van der Waals surface area contributed by atoms with E-state index in [0.717, 1.165) is 23.5 Å². The Bertz CT molecular complexity index is 653. The highest BCUT2D eigenvalue weighted by Crippen LogP contribution is 2.59. The number of ether oxygens (including phenoxy) is 2. The molecule has 0 saturated carbocycles. The van der Waals surface area contributed by atoms with Crippen LogP contribution in [0, 0.1) is 0 Å². The molecule has 0 fully saturated rings. The van der Waals surface area contributed by atoms with Crippen molar-refractivity contribution < 1.29 is 14.0 Å². The van der Waals surface area contributed by atoms with Crippen LogP contribution in [0.3, 0.4) is 0 Å². The molecule has 0 unspecified atom stereocenters. The quantitative estimate of drug-likeness (QED) is 0.266. The molecule has 2 aromatic rings. The molecule has 0 saturated heterocycles. The Morgan fingerprint density at radius 2 is 1.19 bits per heavy atom. The summed E-state index contributed by atoms with van der Waals surface area (Å²) < 4.78 is 26.4. The lowest BCUT2D eigenvalue weighted by Crippen LogP contribution is -2.41. The number of hydrogen-bond acceptors (Lipinski definition) is 3. The van der Waals surface area contributed by atoms with Gasteiger partial charge >= 0.3 is 0 Å². The molecule has 0 bridgehead atoms. The van der Waals surface area contributed by atoms with E-state index < -0.39 is 12.7 Å². The van der Waals surface area contributed by atoms with E-state index in [1.54, 1.807) is 14.2 Å². The van der Waals surface area contributed by atoms with Crippen molar-refractivity contribution in [2.24, 2.45) is 0 Å². The minimum absolute atomic E-state index is 0.604. The molecule has 0 radical (unpaired) electrons. The maximum atomic E-state index is 14.6. The molecule has 0 amide bonds. The monoisotopic (exact) mass is 388 g/mol. The van der Waals surface area contributed by atoms with Gasteiger partial charge in [-0.3, -0.25) is 0 Å². The molecule has 0 heterocycles. The van der Waals surface area contributed by atoms with E-state index in [0.29, 0.717) is 6.42 Å². The molecule has 0 aliphatic rings. The van der Waals surface area contributed by atoms with Gasteiger partial charge in [0.05, 0.1) is 0 Å². The Morgan fingerprint density at radius 3 is 1.63 bits per heavy atom. The lowest BCUT2D eigenvalue weighted by molar-refractivity contribution is -0.146. The summed E-state index contributed by atoms with van der Waals surface area (Å²) >= 11 is 0. The second-order valence-corrected chi connectivity index (χ2v) is 9.85. The zero-order valence-electron chi connectivity index (χ0n) is 16.9. The summed E-state index contributed by atoms with van der Waals surface area (Å²) in [5.74, 6) is 0. The van der Waals surface area contributed by atoms with Gasteiger partial charge in [-0.05, 0) is 6.42 Å². The third-order valence-electron chi connectivity index (χ3n) is 5.20. The van der Waals surface area contributed by atoms with Crippen LogP contribution in [0.4, 0.5) is 0 Å². The van der Waals surface area contributed by atoms with E-state index in [2.05, 4.69) is 6.92 Å². The predicted molar refractivity (Wildman–Crippen MR) is 115 cm³/mol. The Kier molecular flexibility index (Phi) is 8.76. The fraction of sp³-hybridized carbons (Fsp3) is 0.478. The normalized spacial score (nSPS) is 12.3. The first kappa shape index (κ1) is 21.9. The minimum Gasteiger partial charge on any atom is -0.347 e. The standard InChI is InChI=1S/C23H33O3P/c1-4-5-6-7-8-15-20-23(25-2,26-3)27(24,21-16-11-9-12-17-21)22-18-13-10-14-19-22/h9-14,16-19H,4-8,15,20H2,1-3H3. The van der Waals surface area contributed by atoms with Gasteiger partial charge in [0.1, 0.15) is 0 Å². The predicted octanol–water partition coefficient (Wildman–Crippen LogP) is 5.70. The average molecular weight is 388 g/mol. The van der Waals surface area contributed by atoms with Crippen LogP contribution in [-0.4, -0.2) is 19.7 Å². The largest absolute Gasteiger partial charge is 0.347 e. The Labute approximate surface area is 164 Å². The van der Waals surface area contributed by atoms with Crippen molar-refractivity contribution in [3.63, 3.8) is 0 Å². The highest BCUT2D eigenvalue weighted by Gasteiger charge is 2.51. The van der Waals surface area contributed by atoms with Gasteiger partial charge in [-0.1, -0.05) is 99.7 Å². The molecular weight excluding hydrogens is 355 g/mol. The first-order valence-electron chi connectivity index (χ1n) is 9.96. The maximum absolute atomic E-state index is 14.6. The molecule has 0 spiro atoms. The van der Waals surface area contributed by atoms with Crippen LogP contribution in [0.15, 0.2) is 60.7 Å². The maximum Gasteiger partial charge on any atom is 0.229 e. The van der Waals surface area contributed by atoms with Crippen molar-refractivity contribution in [1.82, 2.24) is 0 Å². The van der Waals surface area contributed by atoms with Crippen LogP contribution in [0.5, 0.6) is 0 Å². The summed E-state index contributed by atoms with van der Waals surface area (Å²) in [5, 5.41) is 1.54. The smallest absolute Gasteiger partial charge is 0.229 e. The number of rotatable bonds is 12. The van der Waals surface area contributed by atoms with Gasteiger partial charge in [0.2, 0.25) is 5.53 Å². The molecular formula is C23H33O3P. The fourth-order valence-electron chi connectivity index (χ4n) is 3.65. The third kappa shape index (κ3) is 4.90. The van der Waals surface area contributed by atoms with E-state index in [4.69, 9.17) is 9.47 Å². The first-order chi connectivity index (χ1) is 13.1. The Hall–Kier alpha value is -1.41. The number of benzene rings is 2. The lowest BCUT2D eigenvalue weighted by atomic mass is 10.1. The van der Waals surface area contributed by atoms with E-state index in [1.165, 1.54) is 25.7 Å². The second kappa shape index (κ2) is 10.8. The lowest BCUT2D eigenvalue weighted by Gasteiger charge is -2.39. The molecule has 0 aromatic heterocycles. The molecule has 148 valence electrons. The van der Waals surface area contributed by atoms with Gasteiger partial charge in [0.15, 0.2) is 7.14 Å². The van der Waals surface area contributed by atoms with Gasteiger partial charge in [-0.2, -0.15) is 0 Å².